The Hall–Kier alpha value is -1.85. The van der Waals surface area contributed by atoms with Gasteiger partial charge < -0.3 is 14.6 Å². The zero-order valence-electron chi connectivity index (χ0n) is 16.4. The van der Waals surface area contributed by atoms with Crippen LogP contribution in [0.5, 0.6) is 5.75 Å². The molecule has 0 spiro atoms. The first-order chi connectivity index (χ1) is 14.0. The minimum Gasteiger partial charge on any atom is -0.482 e. The molecule has 0 bridgehead atoms. The molecule has 14 heteroatoms. The van der Waals surface area contributed by atoms with Crippen LogP contribution in [-0.2, 0) is 32.0 Å². The summed E-state index contributed by atoms with van der Waals surface area (Å²) in [5, 5.41) is 7.12. The van der Waals surface area contributed by atoms with E-state index in [2.05, 4.69) is 13.1 Å². The van der Waals surface area contributed by atoms with Gasteiger partial charge in [-0.05, 0) is 32.9 Å². The molecule has 174 valence electrons. The number of halogens is 4. The average molecular weight is 483 g/mol. The van der Waals surface area contributed by atoms with Crippen LogP contribution >= 0.6 is 19.7 Å². The maximum Gasteiger partial charge on any atom is 0.491 e. The third kappa shape index (κ3) is 17.0. The van der Waals surface area contributed by atoms with Crippen LogP contribution in [0.3, 0.4) is 0 Å². The summed E-state index contributed by atoms with van der Waals surface area (Å²) in [7, 11) is -3.43. The molecule has 0 unspecified atom stereocenters. The number of carbonyl (C=O) groups is 2. The fourth-order valence-electron chi connectivity index (χ4n) is 1.25. The summed E-state index contributed by atoms with van der Waals surface area (Å²) in [6.45, 7) is 5.94. The number of carboxylic acids is 1. The van der Waals surface area contributed by atoms with Gasteiger partial charge in [-0.2, -0.15) is 17.2 Å². The Bertz CT molecular complexity index is 635. The van der Waals surface area contributed by atoms with Gasteiger partial charge in [0.05, 0.1) is 31.7 Å². The normalized spacial score (nSPS) is 10.6. The lowest BCUT2D eigenvalue weighted by Gasteiger charge is -2.10. The highest BCUT2D eigenvalue weighted by Crippen LogP contribution is 2.50. The molecule has 30 heavy (non-hydrogen) atoms. The topological polar surface area (TPSA) is 118 Å². The van der Waals surface area contributed by atoms with E-state index in [1.165, 1.54) is 0 Å². The summed E-state index contributed by atoms with van der Waals surface area (Å²) >= 11 is 4.85. The smallest absolute Gasteiger partial charge is 0.482 e. The third-order valence-electron chi connectivity index (χ3n) is 2.31. The van der Waals surface area contributed by atoms with Gasteiger partial charge in [0.1, 0.15) is 5.75 Å². The number of ether oxygens (including phenoxy) is 2. The number of rotatable bonds is 9. The van der Waals surface area contributed by atoms with Crippen molar-refractivity contribution in [1.82, 2.24) is 0 Å². The van der Waals surface area contributed by atoms with E-state index in [9.17, 15) is 22.5 Å². The summed E-state index contributed by atoms with van der Waals surface area (Å²) in [6, 6.07) is 9.16. The van der Waals surface area contributed by atoms with Gasteiger partial charge in [0.25, 0.3) is 0 Å². The van der Waals surface area contributed by atoms with Crippen molar-refractivity contribution in [2.24, 2.45) is 0 Å². The monoisotopic (exact) mass is 482 g/mol. The Morgan fingerprint density at radius 2 is 1.50 bits per heavy atom. The summed E-state index contributed by atoms with van der Waals surface area (Å²) in [6.07, 6.45) is -5.08. The zero-order chi connectivity index (χ0) is 23.6. The second kappa shape index (κ2) is 16.9. The van der Waals surface area contributed by atoms with E-state index in [0.29, 0.717) is 12.4 Å². The molecule has 1 rings (SSSR count). The van der Waals surface area contributed by atoms with Gasteiger partial charge >= 0.3 is 25.9 Å². The summed E-state index contributed by atoms with van der Waals surface area (Å²) in [5.41, 5.74) is 0. The van der Waals surface area contributed by atoms with Gasteiger partial charge in [0.15, 0.2) is 6.61 Å². The number of benzene rings is 1. The number of aliphatic carboxylic acids is 1. The van der Waals surface area contributed by atoms with Crippen molar-refractivity contribution in [3.05, 3.63) is 30.3 Å². The molecule has 0 atom stereocenters. The van der Waals surface area contributed by atoms with E-state index < -0.39 is 20.0 Å². The first-order valence-corrected chi connectivity index (χ1v) is 10.1. The molecule has 0 aliphatic rings. The molecule has 1 aromatic carbocycles. The number of phosphoric acid groups is 1. The summed E-state index contributed by atoms with van der Waals surface area (Å²) < 4.78 is 65.8. The second-order valence-electron chi connectivity index (χ2n) is 4.56. The number of hydrogen-bond acceptors (Lipinski definition) is 8. The third-order valence-corrected chi connectivity index (χ3v) is 4.13. The van der Waals surface area contributed by atoms with E-state index in [-0.39, 0.29) is 25.8 Å². The van der Waals surface area contributed by atoms with Gasteiger partial charge in [-0.15, -0.1) is 0 Å². The van der Waals surface area contributed by atoms with Crippen LogP contribution in [0, 0.1) is 0 Å². The molecule has 0 aliphatic carbocycles. The predicted octanol–water partition coefficient (Wildman–Crippen LogP) is 4.60. The fourth-order valence-corrected chi connectivity index (χ4v) is 2.28. The Morgan fingerprint density at radius 1 is 1.03 bits per heavy atom. The predicted molar refractivity (Wildman–Crippen MR) is 100 cm³/mol. The molecule has 9 nitrogen and oxygen atoms in total. The van der Waals surface area contributed by atoms with Crippen molar-refractivity contribution in [3.8, 4) is 5.75 Å². The lowest BCUT2D eigenvalue weighted by atomic mass is 10.3. The molecule has 0 saturated carbocycles. The first-order valence-electron chi connectivity index (χ1n) is 8.28. The highest BCUT2D eigenvalue weighted by atomic mass is 35.5. The van der Waals surface area contributed by atoms with Gasteiger partial charge in [0, 0.05) is 0 Å². The summed E-state index contributed by atoms with van der Waals surface area (Å²) in [4.78, 5) is 19.8. The van der Waals surface area contributed by atoms with E-state index in [1.54, 1.807) is 32.9 Å². The van der Waals surface area contributed by atoms with Crippen molar-refractivity contribution in [2.45, 2.75) is 26.9 Å². The Morgan fingerprint density at radius 3 is 1.83 bits per heavy atom. The zero-order valence-corrected chi connectivity index (χ0v) is 18.0. The Kier molecular flexibility index (Phi) is 17.1. The lowest BCUT2D eigenvalue weighted by Crippen LogP contribution is -2.21. The standard InChI is InChI=1S/C10H12O3.C4H10ClO4P.C2HF3O2/c1-2-12-10(11)8-13-9-6-4-3-5-7-9;1-3-7-10(6,9-5)8-4-2;3-2(4,5)1(6)7/h3-7H,2,8H2,1H3;3-4H2,1-2H3;(H,6,7). The Labute approximate surface area is 176 Å². The molecule has 0 amide bonds. The van der Waals surface area contributed by atoms with Gasteiger partial charge in [-0.1, -0.05) is 18.2 Å². The molecule has 1 N–H and O–H groups in total. The molecule has 0 saturated heterocycles. The number of carboxylic acid groups (broad SMARTS) is 1. The second-order valence-corrected chi connectivity index (χ2v) is 6.52. The fraction of sp³-hybridized carbons (Fsp3) is 0.500. The largest absolute Gasteiger partial charge is 0.491 e. The minimum absolute atomic E-state index is 0.0299. The van der Waals surface area contributed by atoms with E-state index >= 15 is 0 Å². The van der Waals surface area contributed by atoms with Crippen LogP contribution < -0.4 is 4.74 Å². The summed E-state index contributed by atoms with van der Waals surface area (Å²) in [5.74, 6) is -2.42. The van der Waals surface area contributed by atoms with Gasteiger partial charge in [-0.3, -0.25) is 9.05 Å². The van der Waals surface area contributed by atoms with E-state index in [0.717, 1.165) is 0 Å². The highest BCUT2D eigenvalue weighted by Gasteiger charge is 2.38. The number of phosphoric ester groups is 1. The SMILES string of the molecule is CCOC(=O)COc1ccccc1.CCOP(=O)(OCl)OCC.O=C(O)C(F)(F)F. The lowest BCUT2D eigenvalue weighted by molar-refractivity contribution is -0.192. The number of hydrogen-bond donors (Lipinski definition) is 1. The van der Waals surface area contributed by atoms with Crippen LogP contribution in [-0.4, -0.2) is 49.6 Å². The van der Waals surface area contributed by atoms with Crippen molar-refractivity contribution in [1.29, 1.82) is 0 Å². The maximum atomic E-state index is 11.0. The highest BCUT2D eigenvalue weighted by molar-refractivity contribution is 7.49. The van der Waals surface area contributed by atoms with Crippen molar-refractivity contribution in [2.75, 3.05) is 26.4 Å². The average Bonchev–Trinajstić information content (AvgIpc) is 2.68. The first kappa shape index (κ1) is 30.3. The van der Waals surface area contributed by atoms with E-state index in [4.69, 9.17) is 31.2 Å². The molecule has 1 aromatic rings. The molecule has 0 fully saturated rings. The van der Waals surface area contributed by atoms with Gasteiger partial charge in [0.2, 0.25) is 0 Å². The van der Waals surface area contributed by atoms with Crippen LogP contribution in [0.25, 0.3) is 0 Å². The van der Waals surface area contributed by atoms with Crippen molar-refractivity contribution < 1.29 is 55.0 Å². The van der Waals surface area contributed by atoms with E-state index in [1.807, 2.05) is 18.2 Å². The molecule has 0 radical (unpaired) electrons. The molecular weight excluding hydrogens is 460 g/mol. The number of alkyl halides is 3. The van der Waals surface area contributed by atoms with Crippen molar-refractivity contribution >= 4 is 31.6 Å². The number of carbonyl (C=O) groups excluding carboxylic acids is 1. The molecule has 0 heterocycles. The maximum absolute atomic E-state index is 11.0. The number of esters is 1. The Balaban J connectivity index is 0. The van der Waals surface area contributed by atoms with Crippen LogP contribution in [0.4, 0.5) is 13.2 Å². The minimum atomic E-state index is -5.08. The van der Waals surface area contributed by atoms with Gasteiger partial charge in [-0.25, -0.2) is 14.2 Å². The van der Waals surface area contributed by atoms with Crippen LogP contribution in [0.1, 0.15) is 20.8 Å². The quantitative estimate of drug-likeness (QED) is 0.398. The number of para-hydroxylation sites is 1. The molecule has 0 aromatic heterocycles. The van der Waals surface area contributed by atoms with Crippen molar-refractivity contribution in [3.63, 3.8) is 0 Å². The molecular formula is C16H23ClF3O9P. The van der Waals surface area contributed by atoms with Crippen LogP contribution in [0.15, 0.2) is 30.3 Å². The molecule has 0 aliphatic heterocycles. The van der Waals surface area contributed by atoms with Crippen LogP contribution in [0.2, 0.25) is 0 Å².